The zero-order valence-electron chi connectivity index (χ0n) is 12.6. The van der Waals surface area contributed by atoms with E-state index in [1.165, 1.54) is 40.3 Å². The Labute approximate surface area is 128 Å². The van der Waals surface area contributed by atoms with Gasteiger partial charge >= 0.3 is 0 Å². The molecule has 1 aliphatic carbocycles. The van der Waals surface area contributed by atoms with E-state index >= 15 is 0 Å². The SMILES string of the molecule is Cc1oc2c(C)c3oc(=S)c4c(c3cc2c1C)CCCC4. The monoisotopic (exact) mass is 298 g/mol. The minimum absolute atomic E-state index is 0.666. The van der Waals surface area contributed by atoms with Crippen LogP contribution >= 0.6 is 12.2 Å². The van der Waals surface area contributed by atoms with E-state index in [0.717, 1.165) is 35.3 Å². The minimum Gasteiger partial charge on any atom is -0.461 e. The van der Waals surface area contributed by atoms with Crippen molar-refractivity contribution in [2.24, 2.45) is 0 Å². The van der Waals surface area contributed by atoms with Crippen molar-refractivity contribution in [3.63, 3.8) is 0 Å². The second-order valence-corrected chi connectivity index (χ2v) is 6.46. The smallest absolute Gasteiger partial charge is 0.194 e. The molecule has 3 aromatic rings. The molecule has 0 saturated heterocycles. The molecule has 0 spiro atoms. The molecule has 2 nitrogen and oxygen atoms in total. The van der Waals surface area contributed by atoms with Crippen molar-refractivity contribution in [2.45, 2.75) is 46.5 Å². The van der Waals surface area contributed by atoms with Crippen molar-refractivity contribution in [2.75, 3.05) is 0 Å². The van der Waals surface area contributed by atoms with Gasteiger partial charge in [0.05, 0.1) is 0 Å². The molecule has 0 bridgehead atoms. The Morgan fingerprint density at radius 2 is 1.52 bits per heavy atom. The van der Waals surface area contributed by atoms with Gasteiger partial charge in [0, 0.05) is 21.9 Å². The van der Waals surface area contributed by atoms with Crippen molar-refractivity contribution in [3.05, 3.63) is 38.8 Å². The summed E-state index contributed by atoms with van der Waals surface area (Å²) in [5.74, 6) is 0.982. The Morgan fingerprint density at radius 1 is 0.857 bits per heavy atom. The molecule has 0 unspecified atom stereocenters. The highest BCUT2D eigenvalue weighted by Gasteiger charge is 2.20. The normalized spacial score (nSPS) is 14.8. The van der Waals surface area contributed by atoms with Crippen LogP contribution < -0.4 is 0 Å². The van der Waals surface area contributed by atoms with E-state index in [1.54, 1.807) is 0 Å². The summed E-state index contributed by atoms with van der Waals surface area (Å²) in [6, 6.07) is 2.24. The van der Waals surface area contributed by atoms with Crippen LogP contribution in [0.5, 0.6) is 0 Å². The molecule has 0 radical (unpaired) electrons. The lowest BCUT2D eigenvalue weighted by Gasteiger charge is -2.18. The molecule has 0 saturated carbocycles. The van der Waals surface area contributed by atoms with Gasteiger partial charge in [-0.3, -0.25) is 0 Å². The van der Waals surface area contributed by atoms with Gasteiger partial charge < -0.3 is 8.83 Å². The Bertz CT molecular complexity index is 944. The van der Waals surface area contributed by atoms with Gasteiger partial charge in [-0.1, -0.05) is 0 Å². The lowest BCUT2D eigenvalue weighted by molar-refractivity contribution is 0.550. The van der Waals surface area contributed by atoms with E-state index < -0.39 is 0 Å². The van der Waals surface area contributed by atoms with Crippen molar-refractivity contribution in [3.8, 4) is 0 Å². The van der Waals surface area contributed by atoms with Crippen LogP contribution in [-0.2, 0) is 12.8 Å². The van der Waals surface area contributed by atoms with Gasteiger partial charge in [-0.05, 0) is 75.9 Å². The average molecular weight is 298 g/mol. The van der Waals surface area contributed by atoms with E-state index in [1.807, 2.05) is 6.92 Å². The fraction of sp³-hybridized carbons (Fsp3) is 0.389. The molecular weight excluding hydrogens is 280 g/mol. The molecule has 0 atom stereocenters. The van der Waals surface area contributed by atoms with Crippen molar-refractivity contribution < 1.29 is 8.83 Å². The fourth-order valence-corrected chi connectivity index (χ4v) is 3.86. The highest BCUT2D eigenvalue weighted by atomic mass is 32.1. The standard InChI is InChI=1S/C18H18O2S/c1-9-11(3)19-16-10(2)17-15(8-14(9)16)12-6-4-5-7-13(12)18(21)20-17/h8H,4-7H2,1-3H3. The van der Waals surface area contributed by atoms with Crippen LogP contribution in [0.4, 0.5) is 0 Å². The summed E-state index contributed by atoms with van der Waals surface area (Å²) >= 11 is 5.48. The van der Waals surface area contributed by atoms with Gasteiger partial charge in [-0.15, -0.1) is 0 Å². The van der Waals surface area contributed by atoms with Crippen molar-refractivity contribution in [1.82, 2.24) is 0 Å². The number of hydrogen-bond donors (Lipinski definition) is 0. The molecule has 0 N–H and O–H groups in total. The number of aryl methyl sites for hydroxylation is 4. The number of benzene rings is 1. The highest BCUT2D eigenvalue weighted by molar-refractivity contribution is 7.71. The zero-order chi connectivity index (χ0) is 14.7. The highest BCUT2D eigenvalue weighted by Crippen LogP contribution is 2.37. The van der Waals surface area contributed by atoms with Gasteiger partial charge in [0.25, 0.3) is 0 Å². The second-order valence-electron chi connectivity index (χ2n) is 6.09. The van der Waals surface area contributed by atoms with Crippen LogP contribution in [0.25, 0.3) is 21.9 Å². The third-order valence-electron chi connectivity index (χ3n) is 4.88. The Morgan fingerprint density at radius 3 is 2.29 bits per heavy atom. The Kier molecular flexibility index (Phi) is 2.77. The third kappa shape index (κ3) is 1.73. The average Bonchev–Trinajstić information content (AvgIpc) is 2.77. The van der Waals surface area contributed by atoms with E-state index in [0.29, 0.717) is 4.71 Å². The summed E-state index contributed by atoms with van der Waals surface area (Å²) in [7, 11) is 0. The van der Waals surface area contributed by atoms with E-state index in [-0.39, 0.29) is 0 Å². The molecule has 2 aromatic heterocycles. The Balaban J connectivity index is 2.24. The van der Waals surface area contributed by atoms with Crippen LogP contribution in [0.1, 0.15) is 40.9 Å². The van der Waals surface area contributed by atoms with Gasteiger partial charge in [0.2, 0.25) is 0 Å². The van der Waals surface area contributed by atoms with Crippen molar-refractivity contribution in [1.29, 1.82) is 0 Å². The molecular formula is C18H18O2S. The quantitative estimate of drug-likeness (QED) is 0.497. The first-order valence-electron chi connectivity index (χ1n) is 7.56. The largest absolute Gasteiger partial charge is 0.461 e. The summed E-state index contributed by atoms with van der Waals surface area (Å²) in [6.45, 7) is 6.21. The molecule has 0 fully saturated rings. The predicted octanol–water partition coefficient (Wildman–Crippen LogP) is 5.71. The molecule has 3 heteroatoms. The first-order chi connectivity index (χ1) is 10.1. The van der Waals surface area contributed by atoms with Gasteiger partial charge in [0.15, 0.2) is 4.71 Å². The number of furan rings is 1. The summed E-state index contributed by atoms with van der Waals surface area (Å²) in [5, 5.41) is 2.43. The van der Waals surface area contributed by atoms with Crippen LogP contribution in [0.15, 0.2) is 14.9 Å². The third-order valence-corrected chi connectivity index (χ3v) is 5.21. The maximum atomic E-state index is 6.00. The molecule has 1 aromatic carbocycles. The molecule has 2 heterocycles. The van der Waals surface area contributed by atoms with Crippen LogP contribution in [0.2, 0.25) is 0 Å². The van der Waals surface area contributed by atoms with E-state index in [9.17, 15) is 0 Å². The molecule has 0 aliphatic heterocycles. The van der Waals surface area contributed by atoms with Crippen LogP contribution in [0.3, 0.4) is 0 Å². The first-order valence-corrected chi connectivity index (χ1v) is 7.96. The predicted molar refractivity (Wildman–Crippen MR) is 87.7 cm³/mol. The molecule has 21 heavy (non-hydrogen) atoms. The summed E-state index contributed by atoms with van der Waals surface area (Å²) in [4.78, 5) is 0. The maximum Gasteiger partial charge on any atom is 0.194 e. The van der Waals surface area contributed by atoms with Gasteiger partial charge in [0.1, 0.15) is 16.9 Å². The van der Waals surface area contributed by atoms with Crippen molar-refractivity contribution >= 4 is 34.2 Å². The number of rotatable bonds is 0. The van der Waals surface area contributed by atoms with E-state index in [4.69, 9.17) is 21.1 Å². The topological polar surface area (TPSA) is 26.3 Å². The first kappa shape index (κ1) is 13.1. The van der Waals surface area contributed by atoms with Gasteiger partial charge in [-0.2, -0.15) is 0 Å². The molecule has 0 amide bonds. The zero-order valence-corrected chi connectivity index (χ0v) is 13.4. The Hall–Kier alpha value is -1.61. The van der Waals surface area contributed by atoms with Gasteiger partial charge in [-0.25, -0.2) is 0 Å². The lowest BCUT2D eigenvalue weighted by Crippen LogP contribution is -2.04. The van der Waals surface area contributed by atoms with E-state index in [2.05, 4.69) is 19.9 Å². The maximum absolute atomic E-state index is 6.00. The summed E-state index contributed by atoms with van der Waals surface area (Å²) < 4.78 is 12.6. The lowest BCUT2D eigenvalue weighted by atomic mass is 9.89. The number of fused-ring (bicyclic) bond motifs is 4. The summed E-state index contributed by atoms with van der Waals surface area (Å²) in [5.41, 5.74) is 6.78. The second kappa shape index (κ2) is 4.44. The fourth-order valence-electron chi connectivity index (χ4n) is 3.55. The number of hydrogen-bond acceptors (Lipinski definition) is 3. The minimum atomic E-state index is 0.666. The molecule has 1 aliphatic rings. The molecule has 108 valence electrons. The van der Waals surface area contributed by atoms with Crippen LogP contribution in [-0.4, -0.2) is 0 Å². The van der Waals surface area contributed by atoms with Crippen LogP contribution in [0, 0.1) is 25.5 Å². The summed E-state index contributed by atoms with van der Waals surface area (Å²) in [6.07, 6.45) is 4.60. The molecule has 4 rings (SSSR count).